The van der Waals surface area contributed by atoms with Gasteiger partial charge in [0.1, 0.15) is 0 Å². The van der Waals surface area contributed by atoms with E-state index in [9.17, 15) is 18.0 Å². The van der Waals surface area contributed by atoms with Gasteiger partial charge < -0.3 is 15.3 Å². The van der Waals surface area contributed by atoms with Crippen LogP contribution >= 0.6 is 11.8 Å². The SMILES string of the molecule is CC#CCn1c(N2CCNCC2)nc2nc(SC(C)C(C)C)n(C)c(=O)c21.O=C(O)C(F)(F)F. The van der Waals surface area contributed by atoms with Crippen molar-refractivity contribution < 1.29 is 23.1 Å². The highest BCUT2D eigenvalue weighted by Crippen LogP contribution is 2.27. The first-order chi connectivity index (χ1) is 15.9. The van der Waals surface area contributed by atoms with Gasteiger partial charge in [-0.05, 0) is 12.8 Å². The summed E-state index contributed by atoms with van der Waals surface area (Å²) < 4.78 is 35.3. The first-order valence-corrected chi connectivity index (χ1v) is 11.6. The number of aromatic nitrogens is 4. The van der Waals surface area contributed by atoms with Crippen molar-refractivity contribution in [2.75, 3.05) is 31.1 Å². The number of aliphatic carboxylic acids is 1. The Labute approximate surface area is 199 Å². The molecule has 0 aliphatic carbocycles. The summed E-state index contributed by atoms with van der Waals surface area (Å²) in [5.41, 5.74) is 0.989. The quantitative estimate of drug-likeness (QED) is 0.365. The number of hydrogen-bond acceptors (Lipinski definition) is 7. The van der Waals surface area contributed by atoms with Gasteiger partial charge in [0.15, 0.2) is 16.3 Å². The molecule has 0 radical (unpaired) electrons. The van der Waals surface area contributed by atoms with Crippen molar-refractivity contribution in [2.45, 2.75) is 50.8 Å². The van der Waals surface area contributed by atoms with Crippen molar-refractivity contribution in [3.05, 3.63) is 10.4 Å². The lowest BCUT2D eigenvalue weighted by molar-refractivity contribution is -0.192. The normalized spacial score (nSPS) is 14.9. The van der Waals surface area contributed by atoms with Gasteiger partial charge in [-0.1, -0.05) is 38.5 Å². The molecule has 1 unspecified atom stereocenters. The van der Waals surface area contributed by atoms with Gasteiger partial charge in [-0.3, -0.25) is 13.9 Å². The molecule has 2 aromatic heterocycles. The van der Waals surface area contributed by atoms with Crippen LogP contribution in [0.3, 0.4) is 0 Å². The zero-order valence-corrected chi connectivity index (χ0v) is 20.5. The molecule has 188 valence electrons. The second-order valence-electron chi connectivity index (χ2n) is 7.96. The summed E-state index contributed by atoms with van der Waals surface area (Å²) in [5.74, 6) is 4.53. The highest BCUT2D eigenvalue weighted by Gasteiger charge is 2.38. The molecular weight excluding hydrogens is 473 g/mol. The van der Waals surface area contributed by atoms with Gasteiger partial charge in [0.05, 0.1) is 6.54 Å². The number of carboxylic acids is 1. The number of nitrogens with one attached hydrogen (secondary N) is 1. The van der Waals surface area contributed by atoms with Crippen LogP contribution in [0, 0.1) is 17.8 Å². The maximum Gasteiger partial charge on any atom is 0.490 e. The summed E-state index contributed by atoms with van der Waals surface area (Å²) in [5, 5.41) is 11.6. The number of thioether (sulfide) groups is 1. The Morgan fingerprint density at radius 1 is 1.24 bits per heavy atom. The van der Waals surface area contributed by atoms with Crippen LogP contribution in [0.4, 0.5) is 19.1 Å². The van der Waals surface area contributed by atoms with Crippen molar-refractivity contribution >= 4 is 34.8 Å². The van der Waals surface area contributed by atoms with Crippen LogP contribution in [-0.2, 0) is 18.4 Å². The fourth-order valence-electron chi connectivity index (χ4n) is 2.95. The molecule has 1 aliphatic rings. The van der Waals surface area contributed by atoms with Gasteiger partial charge in [-0.2, -0.15) is 18.2 Å². The van der Waals surface area contributed by atoms with Crippen molar-refractivity contribution in [1.82, 2.24) is 24.4 Å². The van der Waals surface area contributed by atoms with E-state index in [1.807, 2.05) is 11.5 Å². The third-order valence-corrected chi connectivity index (χ3v) is 6.70. The largest absolute Gasteiger partial charge is 0.490 e. The molecule has 2 N–H and O–H groups in total. The zero-order valence-electron chi connectivity index (χ0n) is 19.7. The summed E-state index contributed by atoms with van der Waals surface area (Å²) in [6, 6.07) is 0. The number of fused-ring (bicyclic) bond motifs is 1. The molecule has 3 heterocycles. The smallest absolute Gasteiger partial charge is 0.475 e. The van der Waals surface area contributed by atoms with E-state index >= 15 is 0 Å². The van der Waals surface area contributed by atoms with Crippen LogP contribution in [0.1, 0.15) is 27.7 Å². The number of nitrogens with zero attached hydrogens (tertiary/aromatic N) is 5. The van der Waals surface area contributed by atoms with E-state index in [4.69, 9.17) is 19.9 Å². The summed E-state index contributed by atoms with van der Waals surface area (Å²) in [6.45, 7) is 12.3. The van der Waals surface area contributed by atoms with E-state index in [0.717, 1.165) is 32.1 Å². The van der Waals surface area contributed by atoms with Crippen LogP contribution in [-0.4, -0.2) is 67.8 Å². The monoisotopic (exact) mass is 502 g/mol. The van der Waals surface area contributed by atoms with Crippen molar-refractivity contribution in [2.24, 2.45) is 13.0 Å². The fourth-order valence-corrected chi connectivity index (χ4v) is 3.94. The van der Waals surface area contributed by atoms with Crippen LogP contribution < -0.4 is 15.8 Å². The number of piperazine rings is 1. The first kappa shape index (κ1) is 27.5. The Kier molecular flexibility index (Phi) is 9.40. The summed E-state index contributed by atoms with van der Waals surface area (Å²) in [6.07, 6.45) is -5.08. The molecular formula is C21H29F3N6O3S. The van der Waals surface area contributed by atoms with Crippen molar-refractivity contribution in [3.8, 4) is 11.8 Å². The number of anilines is 1. The Balaban J connectivity index is 0.000000509. The molecule has 1 saturated heterocycles. The third-order valence-electron chi connectivity index (χ3n) is 5.21. The minimum Gasteiger partial charge on any atom is -0.475 e. The molecule has 1 atom stereocenters. The number of rotatable bonds is 5. The van der Waals surface area contributed by atoms with Gasteiger partial charge in [0, 0.05) is 38.5 Å². The summed E-state index contributed by atoms with van der Waals surface area (Å²) >= 11 is 1.63. The second-order valence-corrected chi connectivity index (χ2v) is 9.31. The number of alkyl halides is 3. The Morgan fingerprint density at radius 3 is 2.32 bits per heavy atom. The molecule has 2 aromatic rings. The molecule has 0 amide bonds. The fraction of sp³-hybridized carbons (Fsp3) is 0.619. The number of carboxylic acid groups (broad SMARTS) is 1. The van der Waals surface area contributed by atoms with Crippen LogP contribution in [0.5, 0.6) is 0 Å². The van der Waals surface area contributed by atoms with E-state index in [0.29, 0.717) is 34.0 Å². The van der Waals surface area contributed by atoms with Gasteiger partial charge in [0.25, 0.3) is 5.56 Å². The van der Waals surface area contributed by atoms with Crippen molar-refractivity contribution in [3.63, 3.8) is 0 Å². The molecule has 0 spiro atoms. The van der Waals surface area contributed by atoms with E-state index in [-0.39, 0.29) is 5.56 Å². The molecule has 0 saturated carbocycles. The number of imidazole rings is 1. The van der Waals surface area contributed by atoms with E-state index in [2.05, 4.69) is 42.8 Å². The highest BCUT2D eigenvalue weighted by molar-refractivity contribution is 7.99. The molecule has 34 heavy (non-hydrogen) atoms. The maximum absolute atomic E-state index is 13.2. The molecule has 0 aromatic carbocycles. The van der Waals surface area contributed by atoms with E-state index in [1.54, 1.807) is 23.4 Å². The summed E-state index contributed by atoms with van der Waals surface area (Å²) in [7, 11) is 1.79. The Bertz CT molecular complexity index is 1130. The number of hydrogen-bond donors (Lipinski definition) is 2. The highest BCUT2D eigenvalue weighted by atomic mass is 32.2. The molecule has 9 nitrogen and oxygen atoms in total. The topological polar surface area (TPSA) is 105 Å². The lowest BCUT2D eigenvalue weighted by atomic mass is 10.2. The molecule has 13 heteroatoms. The second kappa shape index (κ2) is 11.6. The maximum atomic E-state index is 13.2. The van der Waals surface area contributed by atoms with E-state index in [1.165, 1.54) is 0 Å². The average molecular weight is 503 g/mol. The minimum atomic E-state index is -5.08. The zero-order chi connectivity index (χ0) is 25.6. The molecule has 1 aliphatic heterocycles. The first-order valence-electron chi connectivity index (χ1n) is 10.7. The average Bonchev–Trinajstić information content (AvgIpc) is 3.14. The van der Waals surface area contributed by atoms with Gasteiger partial charge in [0.2, 0.25) is 5.95 Å². The van der Waals surface area contributed by atoms with Gasteiger partial charge >= 0.3 is 12.1 Å². The Morgan fingerprint density at radius 2 is 1.82 bits per heavy atom. The predicted octanol–water partition coefficient (Wildman–Crippen LogP) is 2.33. The number of carbonyl (C=O) groups is 1. The lowest BCUT2D eigenvalue weighted by Gasteiger charge is -2.28. The molecule has 0 bridgehead atoms. The summed E-state index contributed by atoms with van der Waals surface area (Å²) in [4.78, 5) is 33.8. The molecule has 1 fully saturated rings. The Hall–Kier alpha value is -2.72. The minimum absolute atomic E-state index is 0.0646. The third kappa shape index (κ3) is 6.66. The van der Waals surface area contributed by atoms with Gasteiger partial charge in [-0.25, -0.2) is 9.78 Å². The van der Waals surface area contributed by atoms with Crippen LogP contribution in [0.15, 0.2) is 9.95 Å². The van der Waals surface area contributed by atoms with E-state index < -0.39 is 12.1 Å². The van der Waals surface area contributed by atoms with Crippen molar-refractivity contribution in [1.29, 1.82) is 0 Å². The molecule has 3 rings (SSSR count). The number of halogens is 3. The van der Waals surface area contributed by atoms with Gasteiger partial charge in [-0.15, -0.1) is 5.92 Å². The van der Waals surface area contributed by atoms with Crippen LogP contribution in [0.25, 0.3) is 11.2 Å². The lowest BCUT2D eigenvalue weighted by Crippen LogP contribution is -2.44. The van der Waals surface area contributed by atoms with Crippen LogP contribution in [0.2, 0.25) is 0 Å². The standard InChI is InChI=1S/C19H28N6OS.C2HF3O2/c1-6-7-10-25-15-16(21-18(25)24-11-8-20-9-12-24)22-19(23(5)17(15)26)27-14(4)13(2)3;3-2(4,5)1(6)7/h13-14,20H,8-12H2,1-5H3;(H,6,7). The predicted molar refractivity (Wildman–Crippen MR) is 125 cm³/mol.